The summed E-state index contributed by atoms with van der Waals surface area (Å²) in [5, 5.41) is 0. The third-order valence-corrected chi connectivity index (χ3v) is 3.19. The lowest BCUT2D eigenvalue weighted by Crippen LogP contribution is -2.44. The molecule has 0 saturated heterocycles. The normalized spacial score (nSPS) is 11.5. The zero-order valence-corrected chi connectivity index (χ0v) is 12.2. The van der Waals surface area contributed by atoms with Crippen molar-refractivity contribution in [2.75, 3.05) is 0 Å². The molecular formula is C16H15FN2O3. The number of benzene rings is 1. The van der Waals surface area contributed by atoms with E-state index in [1.807, 2.05) is 0 Å². The summed E-state index contributed by atoms with van der Waals surface area (Å²) in [6, 6.07) is 7.99. The first-order valence-corrected chi connectivity index (χ1v) is 6.69. The number of aromatic nitrogens is 2. The quantitative estimate of drug-likeness (QED) is 0.869. The van der Waals surface area contributed by atoms with Crippen LogP contribution in [0, 0.1) is 6.92 Å². The Bertz CT molecular complexity index is 848. The summed E-state index contributed by atoms with van der Waals surface area (Å²) in [6.07, 6.45) is 2.47. The van der Waals surface area contributed by atoms with Crippen molar-refractivity contribution in [2.45, 2.75) is 20.4 Å². The summed E-state index contributed by atoms with van der Waals surface area (Å²) < 4.78 is 15.0. The molecule has 0 aliphatic rings. The average Bonchev–Trinajstić information content (AvgIpc) is 2.53. The Morgan fingerprint density at radius 2 is 1.86 bits per heavy atom. The van der Waals surface area contributed by atoms with Crippen molar-refractivity contribution in [1.29, 1.82) is 0 Å². The van der Waals surface area contributed by atoms with Crippen molar-refractivity contribution in [2.24, 2.45) is 0 Å². The number of allylic oxidation sites excluding steroid dienone is 2. The lowest BCUT2D eigenvalue weighted by molar-refractivity contribution is 0.0948. The largest absolute Gasteiger partial charge is 0.338 e. The number of hydrogen-bond acceptors (Lipinski definition) is 3. The molecule has 0 spiro atoms. The molecule has 0 N–H and O–H groups in total. The van der Waals surface area contributed by atoms with Crippen molar-refractivity contribution in [1.82, 2.24) is 9.13 Å². The molecule has 0 amide bonds. The van der Waals surface area contributed by atoms with Crippen LogP contribution in [0.3, 0.4) is 0 Å². The molecule has 5 nitrogen and oxygen atoms in total. The Kier molecular flexibility index (Phi) is 4.50. The minimum Gasteiger partial charge on any atom is -0.293 e. The lowest BCUT2D eigenvalue weighted by atomic mass is 10.2. The number of carbonyl (C=O) groups excluding carboxylic acids is 1. The second kappa shape index (κ2) is 6.34. The predicted molar refractivity (Wildman–Crippen MR) is 80.7 cm³/mol. The van der Waals surface area contributed by atoms with Crippen LogP contribution < -0.4 is 11.2 Å². The Balaban J connectivity index is 2.63. The van der Waals surface area contributed by atoms with Crippen molar-refractivity contribution in [3.63, 3.8) is 0 Å². The van der Waals surface area contributed by atoms with Gasteiger partial charge in [0.2, 0.25) is 0 Å². The predicted octanol–water partition coefficient (Wildman–Crippen LogP) is 1.88. The van der Waals surface area contributed by atoms with Gasteiger partial charge in [0.25, 0.3) is 11.5 Å². The van der Waals surface area contributed by atoms with Crippen LogP contribution in [-0.2, 0) is 6.54 Å². The van der Waals surface area contributed by atoms with Crippen LogP contribution >= 0.6 is 0 Å². The second-order valence-electron chi connectivity index (χ2n) is 4.77. The number of halogens is 1. The SMILES string of the molecule is C/C=C(\F)Cn1cc(C)c(=O)n(C(=O)c2ccccc2)c1=O. The number of nitrogens with zero attached hydrogens (tertiary/aromatic N) is 2. The Labute approximate surface area is 125 Å². The van der Waals surface area contributed by atoms with Crippen molar-refractivity contribution < 1.29 is 9.18 Å². The van der Waals surface area contributed by atoms with Crippen LogP contribution in [0.15, 0.2) is 58.0 Å². The average molecular weight is 302 g/mol. The van der Waals surface area contributed by atoms with Crippen LogP contribution in [0.1, 0.15) is 22.8 Å². The molecule has 2 aromatic rings. The summed E-state index contributed by atoms with van der Waals surface area (Å²) in [5.74, 6) is -1.26. The molecule has 0 aliphatic heterocycles. The first-order chi connectivity index (χ1) is 10.5. The summed E-state index contributed by atoms with van der Waals surface area (Å²) in [4.78, 5) is 36.8. The zero-order valence-electron chi connectivity index (χ0n) is 12.2. The van der Waals surface area contributed by atoms with E-state index in [9.17, 15) is 18.8 Å². The van der Waals surface area contributed by atoms with Gasteiger partial charge in [-0.3, -0.25) is 14.2 Å². The fraction of sp³-hybridized carbons (Fsp3) is 0.188. The Hall–Kier alpha value is -2.76. The number of rotatable bonds is 3. The molecule has 1 aromatic heterocycles. The van der Waals surface area contributed by atoms with Gasteiger partial charge in [-0.25, -0.2) is 9.18 Å². The maximum absolute atomic E-state index is 13.4. The van der Waals surface area contributed by atoms with E-state index in [1.54, 1.807) is 18.2 Å². The maximum Gasteiger partial charge on any atom is 0.338 e. The molecule has 114 valence electrons. The number of aryl methyl sites for hydroxylation is 1. The van der Waals surface area contributed by atoms with E-state index >= 15 is 0 Å². The molecule has 0 radical (unpaired) electrons. The molecule has 2 rings (SSSR count). The first kappa shape index (κ1) is 15.6. The Morgan fingerprint density at radius 1 is 1.23 bits per heavy atom. The highest BCUT2D eigenvalue weighted by Crippen LogP contribution is 2.02. The van der Waals surface area contributed by atoms with Gasteiger partial charge in [0.05, 0.1) is 6.54 Å². The van der Waals surface area contributed by atoms with Gasteiger partial charge in [-0.1, -0.05) is 24.3 Å². The third kappa shape index (κ3) is 2.95. The van der Waals surface area contributed by atoms with Crippen LogP contribution in [0.4, 0.5) is 4.39 Å². The highest BCUT2D eigenvalue weighted by molar-refractivity contribution is 5.95. The molecule has 0 bridgehead atoms. The Morgan fingerprint density at radius 3 is 2.45 bits per heavy atom. The van der Waals surface area contributed by atoms with Gasteiger partial charge in [0.15, 0.2) is 0 Å². The summed E-state index contributed by atoms with van der Waals surface area (Å²) in [5.41, 5.74) is -1.16. The molecule has 0 atom stereocenters. The molecule has 0 unspecified atom stereocenters. The molecule has 1 heterocycles. The van der Waals surface area contributed by atoms with Gasteiger partial charge in [-0.2, -0.15) is 4.57 Å². The van der Waals surface area contributed by atoms with Crippen molar-refractivity contribution >= 4 is 5.91 Å². The van der Waals surface area contributed by atoms with Gasteiger partial charge >= 0.3 is 5.69 Å². The monoisotopic (exact) mass is 302 g/mol. The van der Waals surface area contributed by atoms with Crippen molar-refractivity contribution in [3.05, 3.63) is 80.4 Å². The van der Waals surface area contributed by atoms with E-state index in [-0.39, 0.29) is 17.7 Å². The number of carbonyl (C=O) groups is 1. The molecule has 1 aromatic carbocycles. The van der Waals surface area contributed by atoms with E-state index in [0.717, 1.165) is 4.57 Å². The fourth-order valence-corrected chi connectivity index (χ4v) is 1.99. The van der Waals surface area contributed by atoms with Crippen LogP contribution in [0.25, 0.3) is 0 Å². The highest BCUT2D eigenvalue weighted by atomic mass is 19.1. The van der Waals surface area contributed by atoms with Gasteiger partial charge < -0.3 is 0 Å². The van der Waals surface area contributed by atoms with E-state index in [4.69, 9.17) is 0 Å². The highest BCUT2D eigenvalue weighted by Gasteiger charge is 2.17. The third-order valence-electron chi connectivity index (χ3n) is 3.19. The fourth-order valence-electron chi connectivity index (χ4n) is 1.99. The minimum atomic E-state index is -0.860. The molecule has 6 heteroatoms. The van der Waals surface area contributed by atoms with Crippen molar-refractivity contribution in [3.8, 4) is 0 Å². The second-order valence-corrected chi connectivity index (χ2v) is 4.77. The number of hydrogen-bond donors (Lipinski definition) is 0. The van der Waals surface area contributed by atoms with Gasteiger partial charge in [0.1, 0.15) is 5.83 Å². The van der Waals surface area contributed by atoms with E-state index in [0.29, 0.717) is 4.57 Å². The smallest absolute Gasteiger partial charge is 0.293 e. The van der Waals surface area contributed by atoms with Crippen LogP contribution in [-0.4, -0.2) is 15.0 Å². The minimum absolute atomic E-state index is 0.188. The molecule has 0 saturated carbocycles. The van der Waals surface area contributed by atoms with Gasteiger partial charge in [-0.05, 0) is 26.0 Å². The summed E-state index contributed by atoms with van der Waals surface area (Å²) in [7, 11) is 0. The summed E-state index contributed by atoms with van der Waals surface area (Å²) >= 11 is 0. The van der Waals surface area contributed by atoms with Gasteiger partial charge in [-0.15, -0.1) is 0 Å². The maximum atomic E-state index is 13.4. The molecule has 0 aliphatic carbocycles. The van der Waals surface area contributed by atoms with E-state index in [1.165, 1.54) is 38.3 Å². The molecular weight excluding hydrogens is 287 g/mol. The standard InChI is InChI=1S/C16H15FN2O3/c1-3-13(17)10-18-9-11(2)14(20)19(16(18)22)15(21)12-7-5-4-6-8-12/h3-9H,10H2,1-2H3/b13-3-. The van der Waals surface area contributed by atoms with E-state index in [2.05, 4.69) is 0 Å². The lowest BCUT2D eigenvalue weighted by Gasteiger charge is -2.10. The zero-order chi connectivity index (χ0) is 16.3. The van der Waals surface area contributed by atoms with E-state index < -0.39 is 23.0 Å². The molecule has 0 fully saturated rings. The summed E-state index contributed by atoms with van der Waals surface area (Å²) in [6.45, 7) is 2.65. The van der Waals surface area contributed by atoms with Gasteiger partial charge in [0, 0.05) is 17.3 Å². The first-order valence-electron chi connectivity index (χ1n) is 6.69. The molecule has 22 heavy (non-hydrogen) atoms. The van der Waals surface area contributed by atoms with Crippen LogP contribution in [0.5, 0.6) is 0 Å². The topological polar surface area (TPSA) is 61.1 Å². The van der Waals surface area contributed by atoms with Crippen LogP contribution in [0.2, 0.25) is 0 Å².